The molecule has 10 heteroatoms. The van der Waals surface area contributed by atoms with Crippen LogP contribution in [0, 0.1) is 0 Å². The Hall–Kier alpha value is -3.72. The minimum absolute atomic E-state index is 0. The van der Waals surface area contributed by atoms with E-state index >= 15 is 0 Å². The van der Waals surface area contributed by atoms with Gasteiger partial charge in [-0.2, -0.15) is 13.2 Å². The monoisotopic (exact) mass is 478 g/mol. The molecule has 3 rings (SSSR count). The highest BCUT2D eigenvalue weighted by molar-refractivity contribution is 5.98. The largest absolute Gasteiger partial charge is 0.417 e. The van der Waals surface area contributed by atoms with Gasteiger partial charge in [0.05, 0.1) is 5.56 Å². The summed E-state index contributed by atoms with van der Waals surface area (Å²) >= 11 is 0. The summed E-state index contributed by atoms with van der Waals surface area (Å²) in [5.41, 5.74) is 13.4. The molecule has 4 N–H and O–H groups in total. The number of benzene rings is 3. The normalized spacial score (nSPS) is 12.2. The molecule has 0 aromatic heterocycles. The zero-order valence-electron chi connectivity index (χ0n) is 17.8. The van der Waals surface area contributed by atoms with Gasteiger partial charge in [0, 0.05) is 11.1 Å². The number of nitrogens with zero attached hydrogens (tertiary/aromatic N) is 2. The highest BCUT2D eigenvalue weighted by Gasteiger charge is 2.34. The third-order valence-corrected chi connectivity index (χ3v) is 4.71. The molecule has 33 heavy (non-hydrogen) atoms. The van der Waals surface area contributed by atoms with Crippen LogP contribution in [0.2, 0.25) is 0 Å². The van der Waals surface area contributed by atoms with Crippen LogP contribution < -0.4 is 11.5 Å². The van der Waals surface area contributed by atoms with Gasteiger partial charge >= 0.3 is 6.18 Å². The molecular formula is C23H22ClF3N4O2. The van der Waals surface area contributed by atoms with Crippen LogP contribution >= 0.6 is 12.4 Å². The highest BCUT2D eigenvalue weighted by atomic mass is 35.5. The van der Waals surface area contributed by atoms with Crippen molar-refractivity contribution in [3.8, 4) is 22.3 Å². The fourth-order valence-electron chi connectivity index (χ4n) is 3.17. The topological polar surface area (TPSA) is 95.2 Å². The molecule has 0 saturated heterocycles. The smallest absolute Gasteiger partial charge is 0.397 e. The molecule has 174 valence electrons. The van der Waals surface area contributed by atoms with Gasteiger partial charge in [0.1, 0.15) is 14.2 Å². The van der Waals surface area contributed by atoms with Gasteiger partial charge in [0.25, 0.3) is 0 Å². The Morgan fingerprint density at radius 1 is 0.697 bits per heavy atom. The fourth-order valence-corrected chi connectivity index (χ4v) is 3.17. The van der Waals surface area contributed by atoms with E-state index in [9.17, 15) is 13.2 Å². The van der Waals surface area contributed by atoms with Crippen LogP contribution in [0.15, 0.2) is 77.0 Å². The van der Waals surface area contributed by atoms with Crippen LogP contribution in [0.5, 0.6) is 0 Å². The SMILES string of the molecule is CO/N=C(/N)c1ccc(-c2ccc(-c3ccc(/C(N)=N\OC)cc3)c(C(F)(F)F)c2)cc1.Cl. The molecule has 0 atom stereocenters. The van der Waals surface area contributed by atoms with Crippen LogP contribution in [0.25, 0.3) is 22.3 Å². The first-order valence-electron chi connectivity index (χ1n) is 9.40. The Bertz CT molecular complexity index is 1150. The van der Waals surface area contributed by atoms with Gasteiger partial charge in [-0.25, -0.2) is 0 Å². The Morgan fingerprint density at radius 3 is 1.55 bits per heavy atom. The molecule has 0 fully saturated rings. The predicted octanol–water partition coefficient (Wildman–Crippen LogP) is 4.99. The molecule has 0 spiro atoms. The lowest BCUT2D eigenvalue weighted by Gasteiger charge is -2.15. The lowest BCUT2D eigenvalue weighted by Crippen LogP contribution is -2.13. The third kappa shape index (κ3) is 5.95. The van der Waals surface area contributed by atoms with Crippen molar-refractivity contribution in [3.05, 3.63) is 83.4 Å². The summed E-state index contributed by atoms with van der Waals surface area (Å²) < 4.78 is 41.7. The van der Waals surface area contributed by atoms with E-state index in [0.717, 1.165) is 6.07 Å². The Labute approximate surface area is 195 Å². The Morgan fingerprint density at radius 2 is 1.12 bits per heavy atom. The quantitative estimate of drug-likeness (QED) is 0.296. The lowest BCUT2D eigenvalue weighted by atomic mass is 9.93. The van der Waals surface area contributed by atoms with Crippen molar-refractivity contribution >= 4 is 24.1 Å². The first kappa shape index (κ1) is 25.5. The zero-order valence-corrected chi connectivity index (χ0v) is 18.6. The third-order valence-electron chi connectivity index (χ3n) is 4.71. The van der Waals surface area contributed by atoms with E-state index in [1.807, 2.05) is 0 Å². The number of hydrogen-bond acceptors (Lipinski definition) is 4. The number of nitrogens with two attached hydrogens (primary N) is 2. The van der Waals surface area contributed by atoms with Crippen molar-refractivity contribution in [2.75, 3.05) is 14.2 Å². The summed E-state index contributed by atoms with van der Waals surface area (Å²) in [7, 11) is 2.73. The number of hydrogen-bond donors (Lipinski definition) is 2. The van der Waals surface area contributed by atoms with Gasteiger partial charge in [-0.1, -0.05) is 71.0 Å². The maximum Gasteiger partial charge on any atom is 0.417 e. The van der Waals surface area contributed by atoms with E-state index in [0.29, 0.717) is 27.8 Å². The van der Waals surface area contributed by atoms with E-state index in [1.165, 1.54) is 20.3 Å². The van der Waals surface area contributed by atoms with Crippen LogP contribution in [-0.2, 0) is 15.9 Å². The maximum absolute atomic E-state index is 13.9. The summed E-state index contributed by atoms with van der Waals surface area (Å²) in [5.74, 6) is 0.301. The molecule has 0 unspecified atom stereocenters. The highest BCUT2D eigenvalue weighted by Crippen LogP contribution is 2.39. The molecule has 3 aromatic carbocycles. The summed E-state index contributed by atoms with van der Waals surface area (Å²) in [6.07, 6.45) is -4.55. The Balaban J connectivity index is 0.00000385. The van der Waals surface area contributed by atoms with Crippen LogP contribution in [0.3, 0.4) is 0 Å². The molecule has 0 heterocycles. The first-order valence-corrected chi connectivity index (χ1v) is 9.40. The van der Waals surface area contributed by atoms with Crippen molar-refractivity contribution in [2.24, 2.45) is 21.8 Å². The molecule has 0 saturated carbocycles. The van der Waals surface area contributed by atoms with Gasteiger partial charge in [-0.15, -0.1) is 12.4 Å². The summed E-state index contributed by atoms with van der Waals surface area (Å²) in [6.45, 7) is 0. The summed E-state index contributed by atoms with van der Waals surface area (Å²) in [4.78, 5) is 9.25. The number of halogens is 4. The molecule has 0 aliphatic carbocycles. The zero-order chi connectivity index (χ0) is 23.3. The molecule has 0 bridgehead atoms. The molecule has 0 aliphatic heterocycles. The van der Waals surface area contributed by atoms with Gasteiger partial charge < -0.3 is 21.1 Å². The predicted molar refractivity (Wildman–Crippen MR) is 125 cm³/mol. The van der Waals surface area contributed by atoms with Crippen molar-refractivity contribution in [2.45, 2.75) is 6.18 Å². The van der Waals surface area contributed by atoms with E-state index in [1.54, 1.807) is 54.6 Å². The minimum atomic E-state index is -4.55. The average molecular weight is 479 g/mol. The van der Waals surface area contributed by atoms with E-state index in [2.05, 4.69) is 20.0 Å². The minimum Gasteiger partial charge on any atom is -0.397 e. The fraction of sp³-hybridized carbons (Fsp3) is 0.130. The van der Waals surface area contributed by atoms with Crippen LogP contribution in [0.1, 0.15) is 16.7 Å². The van der Waals surface area contributed by atoms with E-state index in [-0.39, 0.29) is 29.6 Å². The van der Waals surface area contributed by atoms with E-state index in [4.69, 9.17) is 11.5 Å². The maximum atomic E-state index is 13.9. The second-order valence-electron chi connectivity index (χ2n) is 6.73. The second kappa shape index (κ2) is 10.7. The first-order chi connectivity index (χ1) is 15.2. The van der Waals surface area contributed by atoms with Crippen molar-refractivity contribution in [1.29, 1.82) is 0 Å². The molecule has 3 aromatic rings. The number of amidine groups is 2. The molecular weight excluding hydrogens is 457 g/mol. The summed E-state index contributed by atoms with van der Waals surface area (Å²) in [5, 5.41) is 7.26. The van der Waals surface area contributed by atoms with Crippen molar-refractivity contribution in [3.63, 3.8) is 0 Å². The number of rotatable bonds is 6. The molecule has 0 radical (unpaired) electrons. The van der Waals surface area contributed by atoms with Gasteiger partial charge in [-0.05, 0) is 28.3 Å². The number of alkyl halides is 3. The van der Waals surface area contributed by atoms with Crippen LogP contribution in [-0.4, -0.2) is 25.9 Å². The summed E-state index contributed by atoms with van der Waals surface area (Å²) in [6, 6.07) is 17.2. The standard InChI is InChI=1S/C23H21F3N4O2.ClH/c1-31-29-21(27)16-7-3-14(4-8-16)18-11-12-19(20(13-18)23(24,25)26)15-5-9-17(10-6-15)22(28)30-32-2;/h3-13H,1-2H3,(H2,27,29)(H2,28,30);1H. The molecule has 6 nitrogen and oxygen atoms in total. The van der Waals surface area contributed by atoms with Gasteiger partial charge in [0.15, 0.2) is 11.7 Å². The molecule has 0 amide bonds. The molecule has 0 aliphatic rings. The second-order valence-corrected chi connectivity index (χ2v) is 6.73. The number of oxime groups is 2. The average Bonchev–Trinajstić information content (AvgIpc) is 2.79. The van der Waals surface area contributed by atoms with Gasteiger partial charge in [-0.3, -0.25) is 0 Å². The lowest BCUT2D eigenvalue weighted by molar-refractivity contribution is -0.137. The van der Waals surface area contributed by atoms with Crippen molar-refractivity contribution in [1.82, 2.24) is 0 Å². The van der Waals surface area contributed by atoms with E-state index < -0.39 is 11.7 Å². The van der Waals surface area contributed by atoms with Gasteiger partial charge in [0.2, 0.25) is 0 Å². The van der Waals surface area contributed by atoms with Crippen LogP contribution in [0.4, 0.5) is 13.2 Å². The Kier molecular flexibility index (Phi) is 8.31. The van der Waals surface area contributed by atoms with Crippen molar-refractivity contribution < 1.29 is 22.8 Å².